The number of aromatic nitrogens is 1. The number of hydrogen-bond acceptors (Lipinski definition) is 2. The van der Waals surface area contributed by atoms with Crippen LogP contribution in [0.5, 0.6) is 0 Å². The summed E-state index contributed by atoms with van der Waals surface area (Å²) in [5, 5.41) is 13.2. The lowest BCUT2D eigenvalue weighted by Crippen LogP contribution is -2.38. The quantitative estimate of drug-likeness (QED) is 0.197. The first kappa shape index (κ1) is 30.2. The predicted octanol–water partition coefficient (Wildman–Crippen LogP) is 11.9. The Balaban J connectivity index is 1.09. The first-order valence-electron chi connectivity index (χ1n) is 18.4. The van der Waals surface area contributed by atoms with Gasteiger partial charge in [-0.3, -0.25) is 5.32 Å². The molecule has 0 fully saturated rings. The van der Waals surface area contributed by atoms with Gasteiger partial charge >= 0.3 is 0 Å². The molecule has 7 aromatic rings. The normalized spacial score (nSPS) is 21.2. The fraction of sp³-hybridized carbons (Fsp3) is 0.167. The van der Waals surface area contributed by atoms with E-state index in [1.165, 1.54) is 82.9 Å². The summed E-state index contributed by atoms with van der Waals surface area (Å²) < 4.78 is 2.49. The van der Waals surface area contributed by atoms with E-state index in [-0.39, 0.29) is 12.2 Å². The standard InChI is InChI=1S/C48H41N3/c1-30-19-23-40-34(27-30)22-26-44-46(40)45-39-16-7-6-13-33(39)21-25-43(45)51(44)37-15-10-14-36(29-37)48-49-42-18-9-8-17-41(42)47(50-48)35-20-24-38(31(2)28-35)32-11-4-3-5-12-32/h3-26,29-31,47-50H,27-28H2,1-2H3. The number of para-hydroxylation sites is 1. The predicted molar refractivity (Wildman–Crippen MR) is 215 cm³/mol. The molecule has 3 heteroatoms. The second-order valence-electron chi connectivity index (χ2n) is 14.8. The fourth-order valence-corrected chi connectivity index (χ4v) is 9.04. The molecule has 2 aliphatic carbocycles. The van der Waals surface area contributed by atoms with Gasteiger partial charge in [-0.25, -0.2) is 0 Å². The van der Waals surface area contributed by atoms with Gasteiger partial charge < -0.3 is 9.88 Å². The molecule has 3 aliphatic rings. The minimum Gasteiger partial charge on any atom is -0.366 e. The minimum absolute atomic E-state index is 0.0494. The van der Waals surface area contributed by atoms with Crippen LogP contribution in [0.25, 0.3) is 49.9 Å². The fourth-order valence-electron chi connectivity index (χ4n) is 9.04. The summed E-state index contributed by atoms with van der Waals surface area (Å²) in [6.07, 6.45) is 11.5. The number of fused-ring (bicyclic) bond motifs is 8. The molecule has 4 unspecified atom stereocenters. The summed E-state index contributed by atoms with van der Waals surface area (Å²) in [4.78, 5) is 0. The molecule has 0 amide bonds. The average molecular weight is 660 g/mol. The maximum absolute atomic E-state index is 4.06. The third kappa shape index (κ3) is 4.99. The highest BCUT2D eigenvalue weighted by atomic mass is 15.2. The van der Waals surface area contributed by atoms with Crippen LogP contribution in [0.2, 0.25) is 0 Å². The number of nitrogens with zero attached hydrogens (tertiary/aromatic N) is 1. The van der Waals surface area contributed by atoms with Crippen molar-refractivity contribution in [2.75, 3.05) is 5.32 Å². The number of nitrogens with one attached hydrogen (secondary N) is 2. The molecule has 0 radical (unpaired) electrons. The molecule has 0 saturated heterocycles. The lowest BCUT2D eigenvalue weighted by Gasteiger charge is -2.38. The monoisotopic (exact) mass is 659 g/mol. The van der Waals surface area contributed by atoms with Crippen LogP contribution in [0.4, 0.5) is 5.69 Å². The highest BCUT2D eigenvalue weighted by Crippen LogP contribution is 2.44. The first-order valence-corrected chi connectivity index (χ1v) is 18.4. The SMILES string of the molecule is CC1C=Cc2c(ccc3c2c2c4ccccc4ccc2n3-c2cccc(C3Nc4ccccc4C(C4=CC=C(c5ccccc5)C(C)C4)N3)c2)C1. The van der Waals surface area contributed by atoms with Crippen LogP contribution in [0.3, 0.4) is 0 Å². The third-order valence-corrected chi connectivity index (χ3v) is 11.5. The molecule has 1 aromatic heterocycles. The Hall–Kier alpha value is -5.64. The van der Waals surface area contributed by atoms with Crippen molar-refractivity contribution in [3.05, 3.63) is 179 Å². The van der Waals surface area contributed by atoms with Crippen LogP contribution >= 0.6 is 0 Å². The Morgan fingerprint density at radius 2 is 1.49 bits per heavy atom. The first-order chi connectivity index (χ1) is 25.1. The summed E-state index contributed by atoms with van der Waals surface area (Å²) in [6.45, 7) is 4.68. The van der Waals surface area contributed by atoms with Gasteiger partial charge in [0.25, 0.3) is 0 Å². The lowest BCUT2D eigenvalue weighted by molar-refractivity contribution is 0.480. The number of hydrogen-bond donors (Lipinski definition) is 2. The molecule has 51 heavy (non-hydrogen) atoms. The van der Waals surface area contributed by atoms with Crippen molar-refractivity contribution >= 4 is 49.9 Å². The van der Waals surface area contributed by atoms with Crippen LogP contribution in [-0.2, 0) is 6.42 Å². The van der Waals surface area contributed by atoms with Crippen LogP contribution in [0.1, 0.15) is 60.3 Å². The Bertz CT molecular complexity index is 2580. The molecule has 0 saturated carbocycles. The van der Waals surface area contributed by atoms with E-state index in [0.29, 0.717) is 11.8 Å². The second kappa shape index (κ2) is 12.0. The zero-order valence-corrected chi connectivity index (χ0v) is 29.1. The second-order valence-corrected chi connectivity index (χ2v) is 14.8. The van der Waals surface area contributed by atoms with Crippen molar-refractivity contribution in [2.24, 2.45) is 11.8 Å². The average Bonchev–Trinajstić information content (AvgIpc) is 3.53. The molecule has 3 nitrogen and oxygen atoms in total. The number of allylic oxidation sites excluding steroid dienone is 4. The summed E-state index contributed by atoms with van der Waals surface area (Å²) in [6, 6.07) is 47.1. The number of benzene rings is 6. The zero-order chi connectivity index (χ0) is 34.1. The van der Waals surface area contributed by atoms with Gasteiger partial charge in [-0.15, -0.1) is 0 Å². The van der Waals surface area contributed by atoms with Crippen LogP contribution in [0, 0.1) is 11.8 Å². The number of anilines is 1. The van der Waals surface area contributed by atoms with Gasteiger partial charge in [-0.05, 0) is 105 Å². The van der Waals surface area contributed by atoms with Gasteiger partial charge in [0.2, 0.25) is 0 Å². The lowest BCUT2D eigenvalue weighted by atomic mass is 9.80. The molecular weight excluding hydrogens is 619 g/mol. The molecular formula is C48H41N3. The van der Waals surface area contributed by atoms with Crippen LogP contribution in [-0.4, -0.2) is 4.57 Å². The summed E-state index contributed by atoms with van der Waals surface area (Å²) >= 11 is 0. The molecule has 2 heterocycles. The van der Waals surface area contributed by atoms with E-state index in [4.69, 9.17) is 0 Å². The van der Waals surface area contributed by atoms with E-state index in [1.807, 2.05) is 0 Å². The Morgan fingerprint density at radius 3 is 2.39 bits per heavy atom. The van der Waals surface area contributed by atoms with Crippen LogP contribution < -0.4 is 10.6 Å². The number of rotatable bonds is 4. The maximum atomic E-state index is 4.06. The van der Waals surface area contributed by atoms with E-state index >= 15 is 0 Å². The molecule has 0 spiro atoms. The van der Waals surface area contributed by atoms with Gasteiger partial charge in [-0.1, -0.05) is 135 Å². The van der Waals surface area contributed by atoms with Gasteiger partial charge in [0.05, 0.1) is 17.1 Å². The summed E-state index contributed by atoms with van der Waals surface area (Å²) in [5.74, 6) is 0.990. The van der Waals surface area contributed by atoms with Gasteiger partial charge in [0.15, 0.2) is 0 Å². The van der Waals surface area contributed by atoms with E-state index in [2.05, 4.69) is 181 Å². The van der Waals surface area contributed by atoms with Crippen molar-refractivity contribution in [3.8, 4) is 5.69 Å². The molecule has 1 aliphatic heterocycles. The summed E-state index contributed by atoms with van der Waals surface area (Å²) in [7, 11) is 0. The van der Waals surface area contributed by atoms with E-state index in [0.717, 1.165) is 12.8 Å². The molecule has 10 rings (SSSR count). The zero-order valence-electron chi connectivity index (χ0n) is 29.1. The Morgan fingerprint density at radius 1 is 0.686 bits per heavy atom. The molecule has 248 valence electrons. The summed E-state index contributed by atoms with van der Waals surface area (Å²) in [5.41, 5.74) is 14.4. The minimum atomic E-state index is -0.0494. The van der Waals surface area contributed by atoms with Crippen molar-refractivity contribution in [1.82, 2.24) is 9.88 Å². The van der Waals surface area contributed by atoms with E-state index in [1.54, 1.807) is 0 Å². The highest BCUT2D eigenvalue weighted by Gasteiger charge is 2.31. The van der Waals surface area contributed by atoms with Crippen molar-refractivity contribution in [2.45, 2.75) is 38.9 Å². The Kier molecular flexibility index (Phi) is 7.11. The van der Waals surface area contributed by atoms with Crippen molar-refractivity contribution < 1.29 is 0 Å². The molecule has 0 bridgehead atoms. The highest BCUT2D eigenvalue weighted by molar-refractivity contribution is 6.23. The largest absolute Gasteiger partial charge is 0.366 e. The molecule has 6 aromatic carbocycles. The molecule has 2 N–H and O–H groups in total. The van der Waals surface area contributed by atoms with Gasteiger partial charge in [-0.2, -0.15) is 0 Å². The topological polar surface area (TPSA) is 29.0 Å². The van der Waals surface area contributed by atoms with Crippen molar-refractivity contribution in [3.63, 3.8) is 0 Å². The molecule has 4 atom stereocenters. The van der Waals surface area contributed by atoms with Gasteiger partial charge in [0.1, 0.15) is 6.17 Å². The van der Waals surface area contributed by atoms with E-state index < -0.39 is 0 Å². The smallest absolute Gasteiger partial charge is 0.104 e. The van der Waals surface area contributed by atoms with Gasteiger partial charge in [0, 0.05) is 22.1 Å². The van der Waals surface area contributed by atoms with E-state index in [9.17, 15) is 0 Å². The maximum Gasteiger partial charge on any atom is 0.104 e. The Labute approximate surface area is 299 Å². The van der Waals surface area contributed by atoms with Crippen LogP contribution in [0.15, 0.2) is 151 Å². The third-order valence-electron chi connectivity index (χ3n) is 11.5. The van der Waals surface area contributed by atoms with Crippen molar-refractivity contribution in [1.29, 1.82) is 0 Å².